The lowest BCUT2D eigenvalue weighted by Gasteiger charge is -2.37. The molecule has 2 saturated heterocycles. The molecular weight excluding hydrogens is 358 g/mol. The third-order valence-electron chi connectivity index (χ3n) is 6.54. The number of hydrogen-bond donors (Lipinski definition) is 0. The first-order chi connectivity index (χ1) is 13.0. The third kappa shape index (κ3) is 4.06. The second-order valence-electron chi connectivity index (χ2n) is 10.2. The highest BCUT2D eigenvalue weighted by atomic mass is 16.6. The number of Topliss-reactive ketones (excluding diaryl/α,β-unsaturated/α-hetero) is 1. The molecule has 1 saturated carbocycles. The van der Waals surface area contributed by atoms with Crippen LogP contribution in [0.1, 0.15) is 73.6 Å². The highest BCUT2D eigenvalue weighted by Crippen LogP contribution is 2.42. The number of ketones is 1. The Morgan fingerprint density at radius 3 is 2.39 bits per heavy atom. The Balaban J connectivity index is 1.72. The van der Waals surface area contributed by atoms with Gasteiger partial charge in [-0.25, -0.2) is 4.79 Å². The normalized spacial score (nSPS) is 35.4. The van der Waals surface area contributed by atoms with E-state index >= 15 is 0 Å². The van der Waals surface area contributed by atoms with Crippen molar-refractivity contribution in [1.82, 2.24) is 4.90 Å². The summed E-state index contributed by atoms with van der Waals surface area (Å²) < 4.78 is 11.4. The molecule has 3 rings (SSSR count). The van der Waals surface area contributed by atoms with Gasteiger partial charge in [-0.2, -0.15) is 0 Å². The van der Waals surface area contributed by atoms with Crippen molar-refractivity contribution >= 4 is 17.8 Å². The van der Waals surface area contributed by atoms with E-state index in [-0.39, 0.29) is 11.9 Å². The minimum absolute atomic E-state index is 0.141. The van der Waals surface area contributed by atoms with Gasteiger partial charge in [-0.3, -0.25) is 14.5 Å². The summed E-state index contributed by atoms with van der Waals surface area (Å²) in [5.41, 5.74) is -0.638. The van der Waals surface area contributed by atoms with Crippen LogP contribution in [0.15, 0.2) is 0 Å². The van der Waals surface area contributed by atoms with E-state index in [1.165, 1.54) is 4.90 Å². The van der Waals surface area contributed by atoms with Gasteiger partial charge in [-0.1, -0.05) is 27.2 Å². The summed E-state index contributed by atoms with van der Waals surface area (Å²) in [6.45, 7) is 11.9. The molecule has 0 radical (unpaired) electrons. The van der Waals surface area contributed by atoms with Crippen LogP contribution >= 0.6 is 0 Å². The van der Waals surface area contributed by atoms with Crippen molar-refractivity contribution < 1.29 is 23.9 Å². The number of esters is 1. The second kappa shape index (κ2) is 7.68. The molecule has 0 aromatic carbocycles. The van der Waals surface area contributed by atoms with Crippen molar-refractivity contribution in [3.05, 3.63) is 0 Å². The SMILES string of the molecule is CC(C)[C@@H]1CC[C@@H](C)C[C@H]1OC(=O)C1C(=O)[C@H]2CC[C@@H]1N2C(=O)OC(C)(C)C. The molecule has 0 aromatic heterocycles. The Bertz CT molecular complexity index is 637. The molecule has 1 amide bonds. The molecule has 0 aromatic rings. The van der Waals surface area contributed by atoms with Gasteiger partial charge in [-0.05, 0) is 64.2 Å². The van der Waals surface area contributed by atoms with Gasteiger partial charge in [0.15, 0.2) is 5.78 Å². The van der Waals surface area contributed by atoms with E-state index in [2.05, 4.69) is 20.8 Å². The van der Waals surface area contributed by atoms with Gasteiger partial charge in [-0.15, -0.1) is 0 Å². The zero-order chi connectivity index (χ0) is 20.8. The molecular formula is C22H35NO5. The summed E-state index contributed by atoms with van der Waals surface area (Å²) >= 11 is 0. The lowest BCUT2D eigenvalue weighted by molar-refractivity contribution is -0.163. The van der Waals surface area contributed by atoms with E-state index < -0.39 is 35.7 Å². The maximum atomic E-state index is 13.0. The minimum atomic E-state index is -0.865. The standard InChI is InChI=1S/C22H35NO5/c1-12(2)14-8-7-13(3)11-17(14)27-20(25)18-15-9-10-16(19(18)24)23(15)21(26)28-22(4,5)6/h12-18H,7-11H2,1-6H3/t13-,14+,15+,16-,17-,18?/m1/s1. The van der Waals surface area contributed by atoms with Gasteiger partial charge in [0, 0.05) is 0 Å². The molecule has 0 spiro atoms. The molecule has 2 bridgehead atoms. The first kappa shape index (κ1) is 21.1. The summed E-state index contributed by atoms with van der Waals surface area (Å²) in [6, 6.07) is -0.984. The number of carbonyl (C=O) groups excluding carboxylic acids is 3. The average Bonchev–Trinajstić information content (AvgIpc) is 3.08. The number of ether oxygens (including phenoxy) is 2. The fraction of sp³-hybridized carbons (Fsp3) is 0.864. The molecule has 6 heteroatoms. The van der Waals surface area contributed by atoms with Gasteiger partial charge in [0.2, 0.25) is 0 Å². The summed E-state index contributed by atoms with van der Waals surface area (Å²) in [5.74, 6) is -0.222. The molecule has 158 valence electrons. The zero-order valence-electron chi connectivity index (χ0n) is 18.1. The second-order valence-corrected chi connectivity index (χ2v) is 10.2. The summed E-state index contributed by atoms with van der Waals surface area (Å²) in [6.07, 6.45) is 3.64. The van der Waals surface area contributed by atoms with Gasteiger partial charge in [0.05, 0.1) is 12.1 Å². The molecule has 0 N–H and O–H groups in total. The highest BCUT2D eigenvalue weighted by Gasteiger charge is 2.59. The average molecular weight is 394 g/mol. The number of rotatable bonds is 3. The summed E-state index contributed by atoms with van der Waals surface area (Å²) in [4.78, 5) is 40.0. The van der Waals surface area contributed by atoms with Crippen molar-refractivity contribution in [1.29, 1.82) is 0 Å². The molecule has 6 nitrogen and oxygen atoms in total. The first-order valence-electron chi connectivity index (χ1n) is 10.7. The van der Waals surface area contributed by atoms with E-state index in [4.69, 9.17) is 9.47 Å². The lowest BCUT2D eigenvalue weighted by Crippen LogP contribution is -2.43. The predicted octanol–water partition coefficient (Wildman–Crippen LogP) is 3.96. The lowest BCUT2D eigenvalue weighted by atomic mass is 9.75. The van der Waals surface area contributed by atoms with E-state index in [9.17, 15) is 14.4 Å². The van der Waals surface area contributed by atoms with Crippen molar-refractivity contribution in [2.45, 2.75) is 97.4 Å². The van der Waals surface area contributed by atoms with Crippen LogP contribution in [0.2, 0.25) is 0 Å². The molecule has 28 heavy (non-hydrogen) atoms. The van der Waals surface area contributed by atoms with Gasteiger partial charge in [0.25, 0.3) is 0 Å². The van der Waals surface area contributed by atoms with Crippen LogP contribution in [-0.2, 0) is 19.1 Å². The van der Waals surface area contributed by atoms with E-state index in [1.54, 1.807) is 20.8 Å². The number of nitrogens with zero attached hydrogens (tertiary/aromatic N) is 1. The minimum Gasteiger partial charge on any atom is -0.461 e. The number of fused-ring (bicyclic) bond motifs is 2. The monoisotopic (exact) mass is 393 g/mol. The Hall–Kier alpha value is -1.59. The summed E-state index contributed by atoms with van der Waals surface area (Å²) in [5, 5.41) is 0. The van der Waals surface area contributed by atoms with E-state index in [0.29, 0.717) is 30.6 Å². The summed E-state index contributed by atoms with van der Waals surface area (Å²) in [7, 11) is 0. The van der Waals surface area contributed by atoms with Crippen molar-refractivity contribution in [3.63, 3.8) is 0 Å². The predicted molar refractivity (Wildman–Crippen MR) is 105 cm³/mol. The number of amides is 1. The smallest absolute Gasteiger partial charge is 0.411 e. The Morgan fingerprint density at radius 1 is 1.11 bits per heavy atom. The maximum absolute atomic E-state index is 13.0. The zero-order valence-corrected chi connectivity index (χ0v) is 18.1. The van der Waals surface area contributed by atoms with Crippen LogP contribution in [0.25, 0.3) is 0 Å². The van der Waals surface area contributed by atoms with Crippen LogP contribution in [0.3, 0.4) is 0 Å². The molecule has 2 aliphatic heterocycles. The van der Waals surface area contributed by atoms with Crippen LogP contribution in [-0.4, -0.2) is 46.5 Å². The molecule has 1 aliphatic carbocycles. The number of carbonyl (C=O) groups is 3. The molecule has 6 atom stereocenters. The Kier molecular flexibility index (Phi) is 5.79. The van der Waals surface area contributed by atoms with Crippen LogP contribution < -0.4 is 0 Å². The van der Waals surface area contributed by atoms with Gasteiger partial charge in [0.1, 0.15) is 17.6 Å². The van der Waals surface area contributed by atoms with Crippen molar-refractivity contribution in [3.8, 4) is 0 Å². The largest absolute Gasteiger partial charge is 0.461 e. The Morgan fingerprint density at radius 2 is 1.79 bits per heavy atom. The highest BCUT2D eigenvalue weighted by molar-refractivity contribution is 6.07. The van der Waals surface area contributed by atoms with Crippen LogP contribution in [0.5, 0.6) is 0 Å². The van der Waals surface area contributed by atoms with Crippen molar-refractivity contribution in [2.75, 3.05) is 0 Å². The third-order valence-corrected chi connectivity index (χ3v) is 6.54. The molecule has 3 aliphatic rings. The molecule has 1 unspecified atom stereocenters. The van der Waals surface area contributed by atoms with Crippen LogP contribution in [0.4, 0.5) is 4.79 Å². The molecule has 2 heterocycles. The van der Waals surface area contributed by atoms with E-state index in [0.717, 1.165) is 19.3 Å². The first-order valence-corrected chi connectivity index (χ1v) is 10.7. The van der Waals surface area contributed by atoms with Crippen molar-refractivity contribution in [2.24, 2.45) is 23.7 Å². The fourth-order valence-corrected chi connectivity index (χ4v) is 5.16. The Labute approximate surface area is 168 Å². The quantitative estimate of drug-likeness (QED) is 0.536. The van der Waals surface area contributed by atoms with Gasteiger partial charge < -0.3 is 9.47 Å². The van der Waals surface area contributed by atoms with E-state index in [1.807, 2.05) is 0 Å². The maximum Gasteiger partial charge on any atom is 0.411 e. The topological polar surface area (TPSA) is 72.9 Å². The number of hydrogen-bond acceptors (Lipinski definition) is 5. The molecule has 3 fully saturated rings. The van der Waals surface area contributed by atoms with Gasteiger partial charge >= 0.3 is 12.1 Å². The fourth-order valence-electron chi connectivity index (χ4n) is 5.16. The van der Waals surface area contributed by atoms with Crippen LogP contribution in [0, 0.1) is 23.7 Å².